The van der Waals surface area contributed by atoms with Gasteiger partial charge in [0.2, 0.25) is 5.91 Å². The number of carbonyl (C=O) groups is 1. The van der Waals surface area contributed by atoms with Crippen LogP contribution in [0.2, 0.25) is 0 Å². The molecule has 0 saturated carbocycles. The number of hydrogen-bond donors (Lipinski definition) is 2. The molecule has 0 aliphatic carbocycles. The second-order valence-electron chi connectivity index (χ2n) is 5.14. The molecule has 116 valence electrons. The third-order valence-electron chi connectivity index (χ3n) is 3.47. The Morgan fingerprint density at radius 3 is 2.50 bits per heavy atom. The molecular weight excluding hydrogens is 276 g/mol. The maximum Gasteiger partial charge on any atom is 0.238 e. The maximum absolute atomic E-state index is 12.1. The van der Waals surface area contributed by atoms with Gasteiger partial charge >= 0.3 is 0 Å². The molecule has 1 amide bonds. The van der Waals surface area contributed by atoms with Gasteiger partial charge in [0.15, 0.2) is 0 Å². The number of pyridine rings is 1. The van der Waals surface area contributed by atoms with Crippen molar-refractivity contribution in [2.75, 3.05) is 30.7 Å². The van der Waals surface area contributed by atoms with Crippen molar-refractivity contribution in [1.82, 2.24) is 9.88 Å². The first-order valence-electron chi connectivity index (χ1n) is 7.44. The van der Waals surface area contributed by atoms with E-state index in [1.165, 1.54) is 5.56 Å². The third-order valence-corrected chi connectivity index (χ3v) is 3.47. The smallest absolute Gasteiger partial charge is 0.238 e. The number of benzene rings is 1. The van der Waals surface area contributed by atoms with Crippen molar-refractivity contribution in [3.8, 4) is 0 Å². The van der Waals surface area contributed by atoms with E-state index >= 15 is 0 Å². The first-order valence-corrected chi connectivity index (χ1v) is 7.44. The fourth-order valence-corrected chi connectivity index (χ4v) is 2.16. The van der Waals surface area contributed by atoms with E-state index in [4.69, 9.17) is 5.73 Å². The number of rotatable bonds is 7. The molecule has 0 radical (unpaired) electrons. The van der Waals surface area contributed by atoms with E-state index in [0.717, 1.165) is 25.2 Å². The van der Waals surface area contributed by atoms with E-state index in [-0.39, 0.29) is 5.91 Å². The van der Waals surface area contributed by atoms with E-state index in [2.05, 4.69) is 22.1 Å². The van der Waals surface area contributed by atoms with Gasteiger partial charge in [0.1, 0.15) is 0 Å². The monoisotopic (exact) mass is 298 g/mol. The van der Waals surface area contributed by atoms with E-state index in [1.54, 1.807) is 36.7 Å². The largest absolute Gasteiger partial charge is 0.399 e. The lowest BCUT2D eigenvalue weighted by atomic mass is 10.2. The summed E-state index contributed by atoms with van der Waals surface area (Å²) in [5.41, 5.74) is 8.31. The molecule has 1 heterocycles. The van der Waals surface area contributed by atoms with E-state index in [0.29, 0.717) is 12.2 Å². The van der Waals surface area contributed by atoms with Crippen molar-refractivity contribution in [3.63, 3.8) is 0 Å². The maximum atomic E-state index is 12.1. The summed E-state index contributed by atoms with van der Waals surface area (Å²) in [6.45, 7) is 4.12. The normalized spacial score (nSPS) is 10.6. The standard InChI is InChI=1S/C17H22N4O/c1-2-21(12-9-14-7-10-19-11-8-14)13-17(22)20-16-5-3-15(18)4-6-16/h3-8,10-11H,2,9,12-13,18H2,1H3,(H,20,22). The number of nitrogens with one attached hydrogen (secondary N) is 1. The summed E-state index contributed by atoms with van der Waals surface area (Å²) in [5.74, 6) is -0.0126. The predicted octanol–water partition coefficient (Wildman–Crippen LogP) is 2.17. The quantitative estimate of drug-likeness (QED) is 0.769. The number of hydrogen-bond acceptors (Lipinski definition) is 4. The molecule has 0 saturated heterocycles. The number of nitrogen functional groups attached to an aromatic ring is 1. The number of likely N-dealkylation sites (N-methyl/N-ethyl adjacent to an activating group) is 1. The molecule has 2 aromatic rings. The van der Waals surface area contributed by atoms with Crippen LogP contribution in [0.25, 0.3) is 0 Å². The molecule has 0 bridgehead atoms. The summed E-state index contributed by atoms with van der Waals surface area (Å²) >= 11 is 0. The zero-order valence-electron chi connectivity index (χ0n) is 12.8. The Balaban J connectivity index is 1.81. The van der Waals surface area contributed by atoms with Gasteiger partial charge in [0, 0.05) is 30.3 Å². The van der Waals surface area contributed by atoms with Crippen molar-refractivity contribution < 1.29 is 4.79 Å². The molecule has 3 N–H and O–H groups in total. The summed E-state index contributed by atoms with van der Waals surface area (Å²) in [6, 6.07) is 11.2. The van der Waals surface area contributed by atoms with Crippen LogP contribution < -0.4 is 11.1 Å². The van der Waals surface area contributed by atoms with Crippen molar-refractivity contribution >= 4 is 17.3 Å². The molecule has 1 aromatic heterocycles. The highest BCUT2D eigenvalue weighted by molar-refractivity contribution is 5.92. The molecule has 0 fully saturated rings. The van der Waals surface area contributed by atoms with E-state index in [9.17, 15) is 4.79 Å². The number of aromatic nitrogens is 1. The Labute approximate surface area is 131 Å². The molecule has 0 unspecified atom stereocenters. The van der Waals surface area contributed by atoms with Gasteiger partial charge in [0.05, 0.1) is 6.54 Å². The second kappa shape index (κ2) is 8.14. The number of carbonyl (C=O) groups excluding carboxylic acids is 1. The molecular formula is C17H22N4O. The lowest BCUT2D eigenvalue weighted by Gasteiger charge is -2.19. The summed E-state index contributed by atoms with van der Waals surface area (Å²) < 4.78 is 0. The van der Waals surface area contributed by atoms with Gasteiger partial charge in [-0.05, 0) is 54.9 Å². The van der Waals surface area contributed by atoms with Gasteiger partial charge in [-0.3, -0.25) is 14.7 Å². The molecule has 2 rings (SSSR count). The molecule has 22 heavy (non-hydrogen) atoms. The third kappa shape index (κ3) is 5.18. The topological polar surface area (TPSA) is 71.2 Å². The minimum Gasteiger partial charge on any atom is -0.399 e. The number of nitrogens with zero attached hydrogens (tertiary/aromatic N) is 2. The zero-order chi connectivity index (χ0) is 15.8. The van der Waals surface area contributed by atoms with Gasteiger partial charge in [-0.2, -0.15) is 0 Å². The first kappa shape index (κ1) is 16.0. The highest BCUT2D eigenvalue weighted by Gasteiger charge is 2.09. The minimum absolute atomic E-state index is 0.0126. The van der Waals surface area contributed by atoms with Gasteiger partial charge in [0.25, 0.3) is 0 Å². The van der Waals surface area contributed by atoms with Gasteiger partial charge in [-0.15, -0.1) is 0 Å². The van der Waals surface area contributed by atoms with Crippen LogP contribution in [-0.4, -0.2) is 35.4 Å². The Hall–Kier alpha value is -2.40. The van der Waals surface area contributed by atoms with Crippen LogP contribution in [0.1, 0.15) is 12.5 Å². The van der Waals surface area contributed by atoms with Crippen LogP contribution in [0, 0.1) is 0 Å². The summed E-state index contributed by atoms with van der Waals surface area (Å²) in [4.78, 5) is 18.2. The molecule has 0 atom stereocenters. The second-order valence-corrected chi connectivity index (χ2v) is 5.14. The average molecular weight is 298 g/mol. The Morgan fingerprint density at radius 2 is 1.86 bits per heavy atom. The van der Waals surface area contributed by atoms with Crippen LogP contribution >= 0.6 is 0 Å². The molecule has 5 nitrogen and oxygen atoms in total. The number of anilines is 2. The SMILES string of the molecule is CCN(CCc1ccncc1)CC(=O)Nc1ccc(N)cc1. The minimum atomic E-state index is -0.0126. The summed E-state index contributed by atoms with van der Waals surface area (Å²) in [6.07, 6.45) is 4.49. The lowest BCUT2D eigenvalue weighted by molar-refractivity contribution is -0.117. The van der Waals surface area contributed by atoms with Crippen molar-refractivity contribution in [3.05, 3.63) is 54.4 Å². The molecule has 1 aromatic carbocycles. The van der Waals surface area contributed by atoms with Crippen LogP contribution in [0.15, 0.2) is 48.8 Å². The molecule has 0 aliphatic heterocycles. The fourth-order valence-electron chi connectivity index (χ4n) is 2.16. The molecule has 0 aliphatic rings. The van der Waals surface area contributed by atoms with Gasteiger partial charge in [-0.25, -0.2) is 0 Å². The Morgan fingerprint density at radius 1 is 1.18 bits per heavy atom. The molecule has 5 heteroatoms. The highest BCUT2D eigenvalue weighted by atomic mass is 16.2. The Kier molecular flexibility index (Phi) is 5.91. The van der Waals surface area contributed by atoms with Crippen LogP contribution in [-0.2, 0) is 11.2 Å². The van der Waals surface area contributed by atoms with Crippen LogP contribution in [0.3, 0.4) is 0 Å². The van der Waals surface area contributed by atoms with Crippen LogP contribution in [0.5, 0.6) is 0 Å². The van der Waals surface area contributed by atoms with Crippen molar-refractivity contribution in [2.24, 2.45) is 0 Å². The predicted molar refractivity (Wildman–Crippen MR) is 89.5 cm³/mol. The van der Waals surface area contributed by atoms with Crippen molar-refractivity contribution in [1.29, 1.82) is 0 Å². The average Bonchev–Trinajstić information content (AvgIpc) is 2.54. The highest BCUT2D eigenvalue weighted by Crippen LogP contribution is 2.10. The summed E-state index contributed by atoms with van der Waals surface area (Å²) in [5, 5.41) is 2.89. The lowest BCUT2D eigenvalue weighted by Crippen LogP contribution is -2.34. The Bertz CT molecular complexity index is 583. The van der Waals surface area contributed by atoms with Gasteiger partial charge in [-0.1, -0.05) is 6.92 Å². The van der Waals surface area contributed by atoms with Gasteiger partial charge < -0.3 is 11.1 Å². The zero-order valence-corrected chi connectivity index (χ0v) is 12.8. The van der Waals surface area contributed by atoms with Crippen LogP contribution in [0.4, 0.5) is 11.4 Å². The van der Waals surface area contributed by atoms with E-state index in [1.807, 2.05) is 12.1 Å². The fraction of sp³-hybridized carbons (Fsp3) is 0.294. The van der Waals surface area contributed by atoms with E-state index < -0.39 is 0 Å². The molecule has 0 spiro atoms. The first-order chi connectivity index (χ1) is 10.7. The summed E-state index contributed by atoms with van der Waals surface area (Å²) in [7, 11) is 0. The number of amides is 1. The number of nitrogens with two attached hydrogens (primary N) is 1. The van der Waals surface area contributed by atoms with Crippen molar-refractivity contribution in [2.45, 2.75) is 13.3 Å².